The summed E-state index contributed by atoms with van der Waals surface area (Å²) in [6, 6.07) is 12.6. The molecule has 3 heterocycles. The number of carbonyl (C=O) groups is 1. The number of ether oxygens (including phenoxy) is 1. The number of nitrogens with zero attached hydrogens (tertiary/aromatic N) is 4. The van der Waals surface area contributed by atoms with Crippen LogP contribution in [-0.4, -0.2) is 58.5 Å². The molecule has 4 aromatic rings. The van der Waals surface area contributed by atoms with Crippen LogP contribution < -0.4 is 9.84 Å². The van der Waals surface area contributed by atoms with Crippen LogP contribution in [0.25, 0.3) is 16.0 Å². The van der Waals surface area contributed by atoms with E-state index in [2.05, 4.69) is 21.8 Å². The number of carboxylic acid groups (broad SMARTS) is 1. The number of alkyl halides is 3. The van der Waals surface area contributed by atoms with E-state index in [1.165, 1.54) is 31.2 Å². The van der Waals surface area contributed by atoms with E-state index in [0.717, 1.165) is 66.7 Å². The van der Waals surface area contributed by atoms with Crippen LogP contribution in [0.3, 0.4) is 0 Å². The summed E-state index contributed by atoms with van der Waals surface area (Å²) in [5, 5.41) is 12.4. The summed E-state index contributed by atoms with van der Waals surface area (Å²) in [7, 11) is 2.11. The Morgan fingerprint density at radius 2 is 1.87 bits per heavy atom. The second kappa shape index (κ2) is 10.4. The Hall–Kier alpha value is -3.41. The first-order chi connectivity index (χ1) is 18.1. The van der Waals surface area contributed by atoms with Gasteiger partial charge in [-0.1, -0.05) is 24.3 Å². The minimum absolute atomic E-state index is 0.0510. The van der Waals surface area contributed by atoms with Crippen molar-refractivity contribution in [3.63, 3.8) is 0 Å². The van der Waals surface area contributed by atoms with Crippen LogP contribution in [0.5, 0.6) is 5.75 Å². The van der Waals surface area contributed by atoms with Gasteiger partial charge in [-0.3, -0.25) is 9.47 Å². The molecule has 1 fully saturated rings. The molecule has 0 radical (unpaired) electrons. The van der Waals surface area contributed by atoms with Gasteiger partial charge >= 0.3 is 6.18 Å². The van der Waals surface area contributed by atoms with Gasteiger partial charge in [0, 0.05) is 44.4 Å². The second-order valence-corrected chi connectivity index (χ2v) is 10.5. The molecule has 5 rings (SSSR count). The third kappa shape index (κ3) is 5.40. The highest BCUT2D eigenvalue weighted by atomic mass is 32.1. The number of carboxylic acids is 1. The highest BCUT2D eigenvalue weighted by Crippen LogP contribution is 2.39. The van der Waals surface area contributed by atoms with Gasteiger partial charge in [-0.2, -0.15) is 13.2 Å². The van der Waals surface area contributed by atoms with Crippen molar-refractivity contribution in [2.24, 2.45) is 0 Å². The predicted molar refractivity (Wildman–Crippen MR) is 137 cm³/mol. The molecule has 200 valence electrons. The molecule has 0 aliphatic carbocycles. The van der Waals surface area contributed by atoms with Crippen LogP contribution in [0.1, 0.15) is 39.4 Å². The molecule has 11 heteroatoms. The molecule has 38 heavy (non-hydrogen) atoms. The smallest absolute Gasteiger partial charge is 0.416 e. The van der Waals surface area contributed by atoms with Gasteiger partial charge in [0.15, 0.2) is 0 Å². The summed E-state index contributed by atoms with van der Waals surface area (Å²) in [5.41, 5.74) is 1.73. The third-order valence-corrected chi connectivity index (χ3v) is 7.83. The largest absolute Gasteiger partial charge is 0.544 e. The molecule has 0 N–H and O–H groups in total. The summed E-state index contributed by atoms with van der Waals surface area (Å²) in [6.45, 7) is 6.21. The molecule has 0 unspecified atom stereocenters. The highest BCUT2D eigenvalue weighted by molar-refractivity contribution is 7.16. The third-order valence-electron chi connectivity index (χ3n) is 6.73. The number of carbonyl (C=O) groups excluding carboxylic acids is 1. The minimum atomic E-state index is -4.57. The summed E-state index contributed by atoms with van der Waals surface area (Å²) in [4.78, 5) is 20.8. The number of fused-ring (bicyclic) bond motifs is 1. The predicted octanol–water partition coefficient (Wildman–Crippen LogP) is 4.36. The van der Waals surface area contributed by atoms with Crippen molar-refractivity contribution in [1.29, 1.82) is 0 Å². The average molecular weight is 544 g/mol. The molecule has 0 amide bonds. The fourth-order valence-corrected chi connectivity index (χ4v) is 5.58. The number of rotatable bonds is 7. The zero-order chi connectivity index (χ0) is 27.0. The molecular weight excluding hydrogens is 517 g/mol. The van der Waals surface area contributed by atoms with E-state index in [4.69, 9.17) is 4.74 Å². The van der Waals surface area contributed by atoms with E-state index in [9.17, 15) is 23.1 Å². The summed E-state index contributed by atoms with van der Waals surface area (Å²) >= 11 is 0.927. The number of piperazine rings is 1. The Balaban J connectivity index is 1.44. The van der Waals surface area contributed by atoms with Crippen molar-refractivity contribution in [3.8, 4) is 10.8 Å². The molecule has 1 aliphatic heterocycles. The number of likely N-dealkylation sites (N-methyl/N-ethyl adjacent to an activating group) is 1. The number of aromatic carboxylic acids is 1. The zero-order valence-corrected chi connectivity index (χ0v) is 21.7. The van der Waals surface area contributed by atoms with E-state index in [0.29, 0.717) is 5.00 Å². The number of hydrogen-bond acceptors (Lipinski definition) is 7. The van der Waals surface area contributed by atoms with Crippen molar-refractivity contribution < 1.29 is 27.8 Å². The van der Waals surface area contributed by atoms with Crippen LogP contribution in [0, 0.1) is 0 Å². The number of aromatic nitrogens is 2. The molecule has 1 aliphatic rings. The normalized spacial score (nSPS) is 16.1. The summed E-state index contributed by atoms with van der Waals surface area (Å²) in [6.07, 6.45) is -4.02. The molecule has 0 bridgehead atoms. The molecule has 2 aromatic heterocycles. The molecule has 1 atom stereocenters. The topological polar surface area (TPSA) is 73.7 Å². The molecule has 0 spiro atoms. The van der Waals surface area contributed by atoms with Gasteiger partial charge in [0.05, 0.1) is 27.4 Å². The van der Waals surface area contributed by atoms with Gasteiger partial charge in [-0.25, -0.2) is 4.98 Å². The van der Waals surface area contributed by atoms with E-state index in [1.54, 1.807) is 10.9 Å². The first-order valence-electron chi connectivity index (χ1n) is 12.2. The lowest BCUT2D eigenvalue weighted by molar-refractivity contribution is -0.254. The highest BCUT2D eigenvalue weighted by Gasteiger charge is 2.35. The monoisotopic (exact) mass is 543 g/mol. The number of halogens is 3. The average Bonchev–Trinajstić information content (AvgIpc) is 3.49. The minimum Gasteiger partial charge on any atom is -0.544 e. The maximum atomic E-state index is 13.5. The fraction of sp³-hybridized carbons (Fsp3) is 0.333. The van der Waals surface area contributed by atoms with Crippen molar-refractivity contribution >= 4 is 28.3 Å². The first-order valence-corrected chi connectivity index (χ1v) is 13.0. The van der Waals surface area contributed by atoms with Crippen LogP contribution in [0.4, 0.5) is 13.2 Å². The first kappa shape index (κ1) is 26.2. The lowest BCUT2D eigenvalue weighted by atomic mass is 10.0. The van der Waals surface area contributed by atoms with Crippen molar-refractivity contribution in [2.75, 3.05) is 33.2 Å². The van der Waals surface area contributed by atoms with E-state index in [1.807, 2.05) is 18.2 Å². The van der Waals surface area contributed by atoms with Gasteiger partial charge in [-0.05, 0) is 37.7 Å². The molecule has 0 saturated carbocycles. The van der Waals surface area contributed by atoms with Crippen molar-refractivity contribution in [1.82, 2.24) is 19.4 Å². The second-order valence-electron chi connectivity index (χ2n) is 9.43. The standard InChI is InChI=1S/C27H27F3N4O3S/c1-17(19-5-3-4-6-20(19)27(28,29)30)37-23-14-24(38-25(23)26(35)36)34-16-31-21-8-7-18(13-22(21)34)15-33-11-9-32(2)10-12-33/h3-8,13-14,16-17H,9-12,15H2,1-2H3,(H,35,36)/p-1/t17-/m1/s1. The lowest BCUT2D eigenvalue weighted by Crippen LogP contribution is -2.43. The Bertz CT molecular complexity index is 1460. The van der Waals surface area contributed by atoms with E-state index in [-0.39, 0.29) is 16.2 Å². The number of imidazole rings is 1. The SMILES string of the molecule is C[C@@H](Oc1cc(-n2cnc3ccc(CN4CCN(C)CC4)cc32)sc1C(=O)[O-])c1ccccc1C(F)(F)F. The Morgan fingerprint density at radius 3 is 2.58 bits per heavy atom. The van der Waals surface area contributed by atoms with Crippen LogP contribution in [0.15, 0.2) is 54.9 Å². The quantitative estimate of drug-likeness (QED) is 0.345. The lowest BCUT2D eigenvalue weighted by Gasteiger charge is -2.32. The molecular formula is C27H26F3N4O3S-. The van der Waals surface area contributed by atoms with Gasteiger partial charge in [0.25, 0.3) is 0 Å². The molecule has 1 saturated heterocycles. The Labute approximate surface area is 221 Å². The maximum absolute atomic E-state index is 13.5. The van der Waals surface area contributed by atoms with Gasteiger partial charge < -0.3 is 19.5 Å². The van der Waals surface area contributed by atoms with Gasteiger partial charge in [-0.15, -0.1) is 11.3 Å². The molecule has 7 nitrogen and oxygen atoms in total. The Morgan fingerprint density at radius 1 is 1.13 bits per heavy atom. The van der Waals surface area contributed by atoms with Crippen LogP contribution >= 0.6 is 11.3 Å². The fourth-order valence-electron chi connectivity index (χ4n) is 4.67. The number of benzene rings is 2. The Kier molecular flexibility index (Phi) is 7.17. The van der Waals surface area contributed by atoms with E-state index < -0.39 is 23.8 Å². The maximum Gasteiger partial charge on any atom is 0.416 e. The zero-order valence-electron chi connectivity index (χ0n) is 20.9. The van der Waals surface area contributed by atoms with E-state index >= 15 is 0 Å². The van der Waals surface area contributed by atoms with Gasteiger partial charge in [0.1, 0.15) is 23.2 Å². The summed E-state index contributed by atoms with van der Waals surface area (Å²) < 4.78 is 48.1. The van der Waals surface area contributed by atoms with Gasteiger partial charge in [0.2, 0.25) is 0 Å². The van der Waals surface area contributed by atoms with Crippen LogP contribution in [0.2, 0.25) is 0 Å². The van der Waals surface area contributed by atoms with Crippen molar-refractivity contribution in [2.45, 2.75) is 25.7 Å². The van der Waals surface area contributed by atoms with Crippen LogP contribution in [-0.2, 0) is 12.7 Å². The molecule has 2 aromatic carbocycles. The number of thiophene rings is 1. The number of hydrogen-bond donors (Lipinski definition) is 0. The van der Waals surface area contributed by atoms with Crippen molar-refractivity contribution in [3.05, 3.63) is 76.4 Å². The summed E-state index contributed by atoms with van der Waals surface area (Å²) in [5.74, 6) is -1.52.